The van der Waals surface area contributed by atoms with Crippen LogP contribution in [0.1, 0.15) is 25.3 Å². The van der Waals surface area contributed by atoms with E-state index in [1.807, 2.05) is 35.2 Å². The first kappa shape index (κ1) is 13.1. The molecule has 0 aliphatic carbocycles. The van der Waals surface area contributed by atoms with Crippen LogP contribution in [0, 0.1) is 0 Å². The van der Waals surface area contributed by atoms with Gasteiger partial charge in [-0.15, -0.1) is 0 Å². The minimum atomic E-state index is -0.467. The van der Waals surface area contributed by atoms with Crippen LogP contribution < -0.4 is 11.1 Å². The fourth-order valence-corrected chi connectivity index (χ4v) is 3.32. The largest absolute Gasteiger partial charge is 0.385 e. The fraction of sp³-hybridized carbons (Fsp3) is 0.467. The number of nitrogens with two attached hydrogens (primary N) is 1. The monoisotopic (exact) mass is 272 g/mol. The Labute approximate surface area is 118 Å². The Kier molecular flexibility index (Phi) is 3.22. The van der Waals surface area contributed by atoms with Gasteiger partial charge in [0.15, 0.2) is 0 Å². The minimum Gasteiger partial charge on any atom is -0.385 e. The van der Waals surface area contributed by atoms with Gasteiger partial charge in [-0.25, -0.2) is 4.79 Å². The van der Waals surface area contributed by atoms with Gasteiger partial charge in [-0.2, -0.15) is 4.99 Å². The summed E-state index contributed by atoms with van der Waals surface area (Å²) < 4.78 is 0. The molecule has 5 nitrogen and oxygen atoms in total. The molecule has 2 aliphatic rings. The van der Waals surface area contributed by atoms with Crippen molar-refractivity contribution in [3.05, 3.63) is 35.9 Å². The molecule has 0 aromatic heterocycles. The van der Waals surface area contributed by atoms with Crippen LogP contribution in [-0.4, -0.2) is 34.9 Å². The molecule has 2 atom stereocenters. The first-order valence-electron chi connectivity index (χ1n) is 7.08. The van der Waals surface area contributed by atoms with E-state index in [2.05, 4.69) is 17.2 Å². The van der Waals surface area contributed by atoms with Gasteiger partial charge in [0.25, 0.3) is 0 Å². The SMILES string of the molecule is CC1NCCCC12C(N)=NC(=O)N2Cc1ccccc1. The van der Waals surface area contributed by atoms with Crippen molar-refractivity contribution in [2.45, 2.75) is 37.9 Å². The average Bonchev–Trinajstić information content (AvgIpc) is 2.68. The lowest BCUT2D eigenvalue weighted by atomic mass is 9.81. The third-order valence-corrected chi connectivity index (χ3v) is 4.46. The standard InChI is InChI=1S/C15H20N4O/c1-11-15(8-5-9-17-11)13(16)18-14(20)19(15)10-12-6-3-2-4-7-12/h2-4,6-7,11,17H,5,8-10H2,1H3,(H2,16,18,20). The number of carbonyl (C=O) groups is 1. The maximum atomic E-state index is 12.2. The van der Waals surface area contributed by atoms with E-state index in [1.165, 1.54) is 0 Å². The summed E-state index contributed by atoms with van der Waals surface area (Å²) in [5.74, 6) is 0.457. The molecule has 1 fully saturated rings. The number of amidine groups is 1. The van der Waals surface area contributed by atoms with Crippen molar-refractivity contribution >= 4 is 11.9 Å². The Hall–Kier alpha value is -1.88. The highest BCUT2D eigenvalue weighted by Gasteiger charge is 2.52. The lowest BCUT2D eigenvalue weighted by Gasteiger charge is -2.45. The molecule has 2 heterocycles. The van der Waals surface area contributed by atoms with Gasteiger partial charge < -0.3 is 16.0 Å². The number of aliphatic imine (C=N–C) groups is 1. The second-order valence-corrected chi connectivity index (χ2v) is 5.55. The molecule has 1 aromatic rings. The topological polar surface area (TPSA) is 70.7 Å². The number of piperidine rings is 1. The lowest BCUT2D eigenvalue weighted by molar-refractivity contribution is 0.118. The molecular weight excluding hydrogens is 252 g/mol. The third kappa shape index (κ3) is 1.89. The predicted molar refractivity (Wildman–Crippen MR) is 78.4 cm³/mol. The summed E-state index contributed by atoms with van der Waals surface area (Å²) in [6.07, 6.45) is 1.87. The number of urea groups is 1. The molecule has 5 heteroatoms. The summed E-state index contributed by atoms with van der Waals surface area (Å²) in [7, 11) is 0. The number of nitrogens with one attached hydrogen (secondary N) is 1. The molecule has 2 amide bonds. The quantitative estimate of drug-likeness (QED) is 0.857. The zero-order chi connectivity index (χ0) is 14.2. The van der Waals surface area contributed by atoms with Crippen LogP contribution in [0.25, 0.3) is 0 Å². The van der Waals surface area contributed by atoms with Gasteiger partial charge in [-0.3, -0.25) is 0 Å². The summed E-state index contributed by atoms with van der Waals surface area (Å²) >= 11 is 0. The van der Waals surface area contributed by atoms with Crippen molar-refractivity contribution < 1.29 is 4.79 Å². The zero-order valence-electron chi connectivity index (χ0n) is 11.7. The van der Waals surface area contributed by atoms with Gasteiger partial charge in [-0.05, 0) is 31.9 Å². The molecule has 106 valence electrons. The Bertz CT molecular complexity index is 542. The van der Waals surface area contributed by atoms with Gasteiger partial charge in [0, 0.05) is 12.6 Å². The first-order chi connectivity index (χ1) is 9.64. The van der Waals surface area contributed by atoms with E-state index in [0.717, 1.165) is 24.9 Å². The van der Waals surface area contributed by atoms with Crippen molar-refractivity contribution in [3.8, 4) is 0 Å². The van der Waals surface area contributed by atoms with Crippen LogP contribution in [0.3, 0.4) is 0 Å². The molecule has 3 rings (SSSR count). The van der Waals surface area contributed by atoms with Gasteiger partial charge in [0.05, 0.1) is 0 Å². The summed E-state index contributed by atoms with van der Waals surface area (Å²) in [4.78, 5) is 18.1. The average molecular weight is 272 g/mol. The number of hydrogen-bond donors (Lipinski definition) is 2. The van der Waals surface area contributed by atoms with Crippen LogP contribution in [-0.2, 0) is 6.54 Å². The van der Waals surface area contributed by atoms with E-state index >= 15 is 0 Å². The lowest BCUT2D eigenvalue weighted by Crippen LogP contribution is -2.66. The van der Waals surface area contributed by atoms with Crippen molar-refractivity contribution in [1.82, 2.24) is 10.2 Å². The fourth-order valence-electron chi connectivity index (χ4n) is 3.32. The van der Waals surface area contributed by atoms with Crippen LogP contribution in [0.2, 0.25) is 0 Å². The van der Waals surface area contributed by atoms with Crippen molar-refractivity contribution in [2.24, 2.45) is 10.7 Å². The second-order valence-electron chi connectivity index (χ2n) is 5.55. The van der Waals surface area contributed by atoms with Crippen LogP contribution >= 0.6 is 0 Å². The Balaban J connectivity index is 1.93. The number of nitrogens with zero attached hydrogens (tertiary/aromatic N) is 2. The summed E-state index contributed by atoms with van der Waals surface area (Å²) in [5.41, 5.74) is 6.75. The normalized spacial score (nSPS) is 29.9. The van der Waals surface area contributed by atoms with E-state index in [4.69, 9.17) is 5.73 Å². The second kappa shape index (κ2) is 4.90. The summed E-state index contributed by atoms with van der Waals surface area (Å²) in [5, 5.41) is 3.43. The molecule has 2 unspecified atom stereocenters. The van der Waals surface area contributed by atoms with E-state index in [0.29, 0.717) is 12.4 Å². The van der Waals surface area contributed by atoms with Crippen molar-refractivity contribution in [3.63, 3.8) is 0 Å². The Morgan fingerprint density at radius 1 is 1.45 bits per heavy atom. The molecular formula is C15H20N4O. The zero-order valence-corrected chi connectivity index (χ0v) is 11.7. The number of benzene rings is 1. The van der Waals surface area contributed by atoms with Crippen LogP contribution in [0.15, 0.2) is 35.3 Å². The van der Waals surface area contributed by atoms with Gasteiger partial charge in [0.1, 0.15) is 11.4 Å². The van der Waals surface area contributed by atoms with E-state index in [1.54, 1.807) is 0 Å². The summed E-state index contributed by atoms with van der Waals surface area (Å²) in [6, 6.07) is 9.88. The molecule has 0 saturated carbocycles. The molecule has 0 bridgehead atoms. The maximum absolute atomic E-state index is 12.2. The highest BCUT2D eigenvalue weighted by molar-refractivity contribution is 6.06. The highest BCUT2D eigenvalue weighted by Crippen LogP contribution is 2.35. The Morgan fingerprint density at radius 2 is 2.20 bits per heavy atom. The minimum absolute atomic E-state index is 0.121. The Morgan fingerprint density at radius 3 is 2.90 bits per heavy atom. The third-order valence-electron chi connectivity index (χ3n) is 4.46. The van der Waals surface area contributed by atoms with Gasteiger partial charge in [-0.1, -0.05) is 30.3 Å². The molecule has 3 N–H and O–H groups in total. The van der Waals surface area contributed by atoms with Gasteiger partial charge in [0.2, 0.25) is 0 Å². The maximum Gasteiger partial charge on any atom is 0.346 e. The molecule has 1 saturated heterocycles. The van der Waals surface area contributed by atoms with E-state index < -0.39 is 5.54 Å². The summed E-state index contributed by atoms with van der Waals surface area (Å²) in [6.45, 7) is 3.59. The predicted octanol–water partition coefficient (Wildman–Crippen LogP) is 1.49. The molecule has 1 aromatic carbocycles. The first-order valence-corrected chi connectivity index (χ1v) is 7.08. The highest BCUT2D eigenvalue weighted by atomic mass is 16.2. The molecule has 2 aliphatic heterocycles. The van der Waals surface area contributed by atoms with Gasteiger partial charge >= 0.3 is 6.03 Å². The van der Waals surface area contributed by atoms with Crippen molar-refractivity contribution in [2.75, 3.05) is 6.54 Å². The molecule has 20 heavy (non-hydrogen) atoms. The smallest absolute Gasteiger partial charge is 0.346 e. The van der Waals surface area contributed by atoms with E-state index in [9.17, 15) is 4.79 Å². The van der Waals surface area contributed by atoms with Crippen LogP contribution in [0.5, 0.6) is 0 Å². The number of carbonyl (C=O) groups excluding carboxylic acids is 1. The number of rotatable bonds is 2. The molecule has 1 spiro atoms. The number of hydrogen-bond acceptors (Lipinski definition) is 3. The van der Waals surface area contributed by atoms with E-state index in [-0.39, 0.29) is 12.1 Å². The van der Waals surface area contributed by atoms with Crippen LogP contribution in [0.4, 0.5) is 4.79 Å². The van der Waals surface area contributed by atoms with Crippen molar-refractivity contribution in [1.29, 1.82) is 0 Å². The molecule has 0 radical (unpaired) electrons. The number of amides is 2.